The second-order valence-electron chi connectivity index (χ2n) is 10.1. The van der Waals surface area contributed by atoms with Gasteiger partial charge in [-0.2, -0.15) is 12.6 Å². The van der Waals surface area contributed by atoms with Gasteiger partial charge in [-0.25, -0.2) is 0 Å². The third kappa shape index (κ3) is 2.03. The van der Waals surface area contributed by atoms with Crippen molar-refractivity contribution in [3.8, 4) is 0 Å². The van der Waals surface area contributed by atoms with Gasteiger partial charge in [0.05, 0.1) is 0 Å². The van der Waals surface area contributed by atoms with Crippen LogP contribution >= 0.6 is 12.6 Å². The van der Waals surface area contributed by atoms with E-state index in [0.717, 1.165) is 38.5 Å². The molecule has 1 spiro atoms. The second kappa shape index (κ2) is 5.40. The summed E-state index contributed by atoms with van der Waals surface area (Å²) in [6.45, 7) is 4.81. The second-order valence-corrected chi connectivity index (χ2v) is 10.7. The van der Waals surface area contributed by atoms with E-state index in [-0.39, 0.29) is 22.4 Å². The number of rotatable bonds is 0. The van der Waals surface area contributed by atoms with Gasteiger partial charge in [0, 0.05) is 23.5 Å². The first-order valence-corrected chi connectivity index (χ1v) is 10.9. The average Bonchev–Trinajstić information content (AvgIpc) is 3.11. The van der Waals surface area contributed by atoms with Crippen LogP contribution in [0.1, 0.15) is 71.6 Å². The zero-order valence-electron chi connectivity index (χ0n) is 15.9. The van der Waals surface area contributed by atoms with Crippen LogP contribution in [0.3, 0.4) is 0 Å². The molecule has 0 aromatic carbocycles. The molecule has 4 heteroatoms. The van der Waals surface area contributed by atoms with Crippen LogP contribution in [0.4, 0.5) is 0 Å². The molecule has 4 aliphatic carbocycles. The van der Waals surface area contributed by atoms with Gasteiger partial charge in [0.2, 0.25) is 0 Å². The van der Waals surface area contributed by atoms with E-state index in [1.165, 1.54) is 12.0 Å². The first kappa shape index (κ1) is 17.3. The zero-order chi connectivity index (χ0) is 18.3. The number of thiol groups is 1. The van der Waals surface area contributed by atoms with Crippen LogP contribution < -0.4 is 0 Å². The number of esters is 1. The molecule has 4 unspecified atom stereocenters. The van der Waals surface area contributed by atoms with Crippen molar-refractivity contribution < 1.29 is 14.3 Å². The molecule has 142 valence electrons. The Balaban J connectivity index is 1.53. The Bertz CT molecular complexity index is 714. The molecule has 5 rings (SSSR count). The van der Waals surface area contributed by atoms with Gasteiger partial charge >= 0.3 is 5.97 Å². The Morgan fingerprint density at radius 3 is 2.54 bits per heavy atom. The van der Waals surface area contributed by atoms with E-state index >= 15 is 0 Å². The maximum Gasteiger partial charge on any atom is 0.306 e. The molecule has 0 amide bonds. The minimum atomic E-state index is -0.216. The van der Waals surface area contributed by atoms with Crippen molar-refractivity contribution in [1.29, 1.82) is 0 Å². The molecule has 7 atom stereocenters. The highest BCUT2D eigenvalue weighted by Gasteiger charge is 2.68. The van der Waals surface area contributed by atoms with Crippen molar-refractivity contribution in [1.82, 2.24) is 0 Å². The van der Waals surface area contributed by atoms with Crippen molar-refractivity contribution in [3.05, 3.63) is 11.6 Å². The van der Waals surface area contributed by atoms with Crippen molar-refractivity contribution in [2.45, 2.75) is 82.5 Å². The SMILES string of the molecule is C[C@]12CCC(=O)C=C1CC(S)C1C2CC[C@@]2(C)C1CC[C@@]21CCC(=O)O1. The molecule has 0 aromatic rings. The average molecular weight is 375 g/mol. The molecule has 1 aliphatic heterocycles. The lowest BCUT2D eigenvalue weighted by molar-refractivity contribution is -0.167. The van der Waals surface area contributed by atoms with E-state index in [1.807, 2.05) is 6.08 Å². The van der Waals surface area contributed by atoms with Gasteiger partial charge in [-0.05, 0) is 74.2 Å². The minimum Gasteiger partial charge on any atom is -0.458 e. The summed E-state index contributed by atoms with van der Waals surface area (Å²) in [5.74, 6) is 2.08. The zero-order valence-corrected chi connectivity index (χ0v) is 16.8. The summed E-state index contributed by atoms with van der Waals surface area (Å²) in [7, 11) is 0. The van der Waals surface area contributed by atoms with Gasteiger partial charge in [-0.15, -0.1) is 0 Å². The number of allylic oxidation sites excluding steroid dienone is 1. The van der Waals surface area contributed by atoms with Crippen LogP contribution in [0.5, 0.6) is 0 Å². The standard InChI is InChI=1S/C22H30O3S/c1-20-7-3-14(23)11-13(20)12-17(26)19-15(20)4-8-21(2)16(19)5-9-22(21)10-6-18(24)25-22/h11,15-17,19,26H,3-10,12H2,1-2H3/t15?,16?,17?,19?,20-,21-,22+/m0/s1. The molecule has 0 N–H and O–H groups in total. The molecule has 5 aliphatic rings. The van der Waals surface area contributed by atoms with Crippen molar-refractivity contribution in [3.63, 3.8) is 0 Å². The number of carbonyl (C=O) groups is 2. The van der Waals surface area contributed by atoms with E-state index in [0.29, 0.717) is 41.6 Å². The van der Waals surface area contributed by atoms with Crippen LogP contribution in [-0.2, 0) is 14.3 Å². The highest BCUT2D eigenvalue weighted by Crippen LogP contribution is 2.70. The van der Waals surface area contributed by atoms with Gasteiger partial charge in [0.15, 0.2) is 5.78 Å². The maximum atomic E-state index is 12.0. The third-order valence-electron chi connectivity index (χ3n) is 9.32. The first-order valence-electron chi connectivity index (χ1n) is 10.4. The van der Waals surface area contributed by atoms with E-state index in [9.17, 15) is 9.59 Å². The van der Waals surface area contributed by atoms with E-state index in [1.54, 1.807) is 0 Å². The summed E-state index contributed by atoms with van der Waals surface area (Å²) < 4.78 is 6.02. The first-order chi connectivity index (χ1) is 12.3. The fourth-order valence-corrected chi connectivity index (χ4v) is 8.44. The fraction of sp³-hybridized carbons (Fsp3) is 0.818. The van der Waals surface area contributed by atoms with Gasteiger partial charge in [0.1, 0.15) is 5.60 Å². The topological polar surface area (TPSA) is 43.4 Å². The van der Waals surface area contributed by atoms with Crippen molar-refractivity contribution >= 4 is 24.4 Å². The maximum absolute atomic E-state index is 12.0. The molecule has 4 fully saturated rings. The summed E-state index contributed by atoms with van der Waals surface area (Å²) in [5.41, 5.74) is 1.41. The molecule has 0 aromatic heterocycles. The van der Waals surface area contributed by atoms with Crippen LogP contribution in [0.2, 0.25) is 0 Å². The van der Waals surface area contributed by atoms with Crippen molar-refractivity contribution in [2.75, 3.05) is 0 Å². The third-order valence-corrected chi connectivity index (χ3v) is 9.84. The molecule has 1 heterocycles. The largest absolute Gasteiger partial charge is 0.458 e. The Labute approximate surface area is 161 Å². The number of ketones is 1. The summed E-state index contributed by atoms with van der Waals surface area (Å²) >= 11 is 5.07. The predicted molar refractivity (Wildman–Crippen MR) is 103 cm³/mol. The summed E-state index contributed by atoms with van der Waals surface area (Å²) in [5, 5.41) is 0.321. The Kier molecular flexibility index (Phi) is 3.60. The lowest BCUT2D eigenvalue weighted by Gasteiger charge is -2.60. The molecule has 3 saturated carbocycles. The molecule has 26 heavy (non-hydrogen) atoms. The Morgan fingerprint density at radius 2 is 1.81 bits per heavy atom. The highest BCUT2D eigenvalue weighted by molar-refractivity contribution is 7.81. The molecule has 0 radical (unpaired) electrons. The van der Waals surface area contributed by atoms with E-state index in [2.05, 4.69) is 13.8 Å². The lowest BCUT2D eigenvalue weighted by atomic mass is 9.46. The summed E-state index contributed by atoms with van der Waals surface area (Å²) in [6, 6.07) is 0. The van der Waals surface area contributed by atoms with Gasteiger partial charge in [0.25, 0.3) is 0 Å². The number of hydrogen-bond donors (Lipinski definition) is 1. The van der Waals surface area contributed by atoms with E-state index < -0.39 is 0 Å². The predicted octanol–water partition coefficient (Wildman–Crippen LogP) is 4.50. The molecular weight excluding hydrogens is 344 g/mol. The Morgan fingerprint density at radius 1 is 1.04 bits per heavy atom. The monoisotopic (exact) mass is 374 g/mol. The number of carbonyl (C=O) groups excluding carboxylic acids is 2. The Hall–Kier alpha value is -0.770. The highest BCUT2D eigenvalue weighted by atomic mass is 32.1. The lowest BCUT2D eigenvalue weighted by Crippen LogP contribution is -2.57. The fourth-order valence-electron chi connectivity index (χ4n) is 7.82. The van der Waals surface area contributed by atoms with Crippen LogP contribution in [-0.4, -0.2) is 22.6 Å². The molecular formula is C22H30O3S. The van der Waals surface area contributed by atoms with Gasteiger partial charge in [-0.3, -0.25) is 9.59 Å². The van der Waals surface area contributed by atoms with E-state index in [4.69, 9.17) is 17.4 Å². The summed E-state index contributed by atoms with van der Waals surface area (Å²) in [4.78, 5) is 24.0. The quantitative estimate of drug-likeness (QED) is 0.501. The van der Waals surface area contributed by atoms with Crippen LogP contribution in [0.15, 0.2) is 11.6 Å². The smallest absolute Gasteiger partial charge is 0.306 e. The summed E-state index contributed by atoms with van der Waals surface area (Å²) in [6.07, 6.45) is 10.6. The van der Waals surface area contributed by atoms with Crippen molar-refractivity contribution in [2.24, 2.45) is 28.6 Å². The number of fused-ring (bicyclic) bond motifs is 6. The number of ether oxygens (including phenoxy) is 1. The molecule has 1 saturated heterocycles. The normalized spacial score (nSPS) is 53.0. The van der Waals surface area contributed by atoms with Crippen LogP contribution in [0, 0.1) is 28.6 Å². The van der Waals surface area contributed by atoms with Crippen LogP contribution in [0.25, 0.3) is 0 Å². The molecule has 0 bridgehead atoms. The molecule has 3 nitrogen and oxygen atoms in total. The minimum absolute atomic E-state index is 0.00282. The van der Waals surface area contributed by atoms with Gasteiger partial charge in [-0.1, -0.05) is 19.4 Å². The number of hydrogen-bond acceptors (Lipinski definition) is 4. The van der Waals surface area contributed by atoms with Gasteiger partial charge < -0.3 is 4.74 Å².